The first-order chi connectivity index (χ1) is 14.8. The summed E-state index contributed by atoms with van der Waals surface area (Å²) in [5.74, 6) is 0.664. The molecule has 2 aromatic rings. The van der Waals surface area contributed by atoms with Gasteiger partial charge in [0.1, 0.15) is 11.5 Å². The molecule has 2 N–H and O–H groups in total. The van der Waals surface area contributed by atoms with E-state index in [0.717, 1.165) is 37.0 Å². The van der Waals surface area contributed by atoms with Gasteiger partial charge in [-0.25, -0.2) is 13.1 Å². The summed E-state index contributed by atoms with van der Waals surface area (Å²) >= 11 is 6.20. The number of carbonyl (C=O) groups is 1. The van der Waals surface area contributed by atoms with Gasteiger partial charge in [0.15, 0.2) is 6.61 Å². The predicted molar refractivity (Wildman–Crippen MR) is 119 cm³/mol. The molecule has 0 aromatic heterocycles. The summed E-state index contributed by atoms with van der Waals surface area (Å²) < 4.78 is 38.4. The Morgan fingerprint density at radius 1 is 1.16 bits per heavy atom. The van der Waals surface area contributed by atoms with Gasteiger partial charge in [-0.1, -0.05) is 36.6 Å². The molecule has 0 saturated heterocycles. The summed E-state index contributed by atoms with van der Waals surface area (Å²) in [6.45, 7) is 1.62. The van der Waals surface area contributed by atoms with Crippen molar-refractivity contribution in [3.63, 3.8) is 0 Å². The van der Waals surface area contributed by atoms with Crippen LogP contribution in [0.5, 0.6) is 11.5 Å². The molecule has 168 valence electrons. The van der Waals surface area contributed by atoms with E-state index in [2.05, 4.69) is 10.0 Å². The van der Waals surface area contributed by atoms with E-state index in [1.54, 1.807) is 7.11 Å². The Kier molecular flexibility index (Phi) is 7.80. The van der Waals surface area contributed by atoms with Crippen LogP contribution in [0.25, 0.3) is 0 Å². The van der Waals surface area contributed by atoms with Gasteiger partial charge in [-0.3, -0.25) is 4.79 Å². The van der Waals surface area contributed by atoms with Gasteiger partial charge in [0.25, 0.3) is 5.91 Å². The number of methoxy groups -OCH3 is 1. The lowest BCUT2D eigenvalue weighted by Gasteiger charge is -2.16. The molecule has 2 aromatic carbocycles. The van der Waals surface area contributed by atoms with E-state index in [0.29, 0.717) is 0 Å². The molecule has 1 unspecified atom stereocenters. The third-order valence-electron chi connectivity index (χ3n) is 5.24. The van der Waals surface area contributed by atoms with E-state index >= 15 is 0 Å². The second kappa shape index (κ2) is 10.3. The van der Waals surface area contributed by atoms with Gasteiger partial charge >= 0.3 is 0 Å². The zero-order valence-electron chi connectivity index (χ0n) is 17.6. The molecule has 1 aliphatic carbocycles. The van der Waals surface area contributed by atoms with Gasteiger partial charge in [0, 0.05) is 6.04 Å². The van der Waals surface area contributed by atoms with Crippen molar-refractivity contribution in [1.29, 1.82) is 0 Å². The number of ether oxygens (including phenoxy) is 2. The van der Waals surface area contributed by atoms with Crippen LogP contribution in [0.1, 0.15) is 44.2 Å². The maximum Gasteiger partial charge on any atom is 0.258 e. The molecule has 0 spiro atoms. The first-order valence-corrected chi connectivity index (χ1v) is 12.0. The minimum atomic E-state index is -3.64. The van der Waals surface area contributed by atoms with Crippen LogP contribution >= 0.6 is 11.6 Å². The Balaban J connectivity index is 1.55. The fourth-order valence-corrected chi connectivity index (χ4v) is 5.13. The summed E-state index contributed by atoms with van der Waals surface area (Å²) in [7, 11) is -2.05. The molecule has 1 saturated carbocycles. The average Bonchev–Trinajstić information content (AvgIpc) is 3.25. The van der Waals surface area contributed by atoms with E-state index < -0.39 is 10.0 Å². The van der Waals surface area contributed by atoms with E-state index in [-0.39, 0.29) is 40.3 Å². The largest absolute Gasteiger partial charge is 0.497 e. The lowest BCUT2D eigenvalue weighted by atomic mass is 10.1. The summed E-state index contributed by atoms with van der Waals surface area (Å²) in [6, 6.07) is 11.4. The van der Waals surface area contributed by atoms with Crippen molar-refractivity contribution in [3.8, 4) is 11.5 Å². The monoisotopic (exact) mass is 466 g/mol. The molecule has 7 nitrogen and oxygen atoms in total. The Bertz CT molecular complexity index is 1010. The first kappa shape index (κ1) is 23.4. The quantitative estimate of drug-likeness (QED) is 0.585. The minimum absolute atomic E-state index is 0.0314. The number of amides is 1. The van der Waals surface area contributed by atoms with Crippen molar-refractivity contribution in [2.45, 2.75) is 49.6 Å². The van der Waals surface area contributed by atoms with E-state index in [1.165, 1.54) is 18.2 Å². The summed E-state index contributed by atoms with van der Waals surface area (Å²) in [6.07, 6.45) is 3.75. The molecule has 0 heterocycles. The van der Waals surface area contributed by atoms with Crippen molar-refractivity contribution in [2.24, 2.45) is 0 Å². The topological polar surface area (TPSA) is 93.7 Å². The number of hydrogen-bond donors (Lipinski definition) is 2. The normalized spacial score (nSPS) is 15.5. The summed E-state index contributed by atoms with van der Waals surface area (Å²) in [5.41, 5.74) is 0.927. The van der Waals surface area contributed by atoms with Crippen LogP contribution in [0.15, 0.2) is 47.4 Å². The second-order valence-corrected chi connectivity index (χ2v) is 9.67. The van der Waals surface area contributed by atoms with Crippen LogP contribution in [0.3, 0.4) is 0 Å². The third-order valence-corrected chi connectivity index (χ3v) is 7.06. The number of benzene rings is 2. The van der Waals surface area contributed by atoms with Gasteiger partial charge in [0.05, 0.1) is 23.1 Å². The lowest BCUT2D eigenvalue weighted by Crippen LogP contribution is -2.32. The number of carbonyl (C=O) groups excluding carboxylic acids is 1. The van der Waals surface area contributed by atoms with Crippen LogP contribution in [0.2, 0.25) is 5.02 Å². The van der Waals surface area contributed by atoms with Crippen molar-refractivity contribution >= 4 is 27.5 Å². The molecule has 1 fully saturated rings. The predicted octanol–water partition coefficient (Wildman–Crippen LogP) is 3.83. The van der Waals surface area contributed by atoms with Crippen molar-refractivity contribution in [2.75, 3.05) is 13.7 Å². The molecular formula is C22H27ClN2O5S. The minimum Gasteiger partial charge on any atom is -0.497 e. The van der Waals surface area contributed by atoms with Crippen molar-refractivity contribution in [3.05, 3.63) is 53.1 Å². The number of sulfonamides is 1. The molecule has 9 heteroatoms. The van der Waals surface area contributed by atoms with Crippen LogP contribution < -0.4 is 19.5 Å². The Labute approximate surface area is 188 Å². The van der Waals surface area contributed by atoms with Crippen LogP contribution in [0.4, 0.5) is 0 Å². The SMILES string of the molecule is COc1ccc(C(C)NC(=O)COc2ccc(S(=O)(=O)NC3CCCC3)cc2Cl)cc1. The molecule has 31 heavy (non-hydrogen) atoms. The molecule has 0 radical (unpaired) electrons. The first-order valence-electron chi connectivity index (χ1n) is 10.2. The highest BCUT2D eigenvalue weighted by Crippen LogP contribution is 2.28. The van der Waals surface area contributed by atoms with Crippen LogP contribution in [0, 0.1) is 0 Å². The molecule has 0 aliphatic heterocycles. The zero-order chi connectivity index (χ0) is 22.4. The Morgan fingerprint density at radius 2 is 1.84 bits per heavy atom. The molecular weight excluding hydrogens is 440 g/mol. The summed E-state index contributed by atoms with van der Waals surface area (Å²) in [4.78, 5) is 12.3. The number of nitrogens with one attached hydrogen (secondary N) is 2. The second-order valence-electron chi connectivity index (χ2n) is 7.55. The molecule has 1 atom stereocenters. The Morgan fingerprint density at radius 3 is 2.45 bits per heavy atom. The average molecular weight is 467 g/mol. The van der Waals surface area contributed by atoms with Gasteiger partial charge in [0.2, 0.25) is 10.0 Å². The van der Waals surface area contributed by atoms with E-state index in [1.807, 2.05) is 31.2 Å². The number of rotatable bonds is 9. The highest BCUT2D eigenvalue weighted by molar-refractivity contribution is 7.89. The van der Waals surface area contributed by atoms with Crippen molar-refractivity contribution in [1.82, 2.24) is 10.0 Å². The van der Waals surface area contributed by atoms with Gasteiger partial charge in [-0.05, 0) is 55.7 Å². The highest BCUT2D eigenvalue weighted by Gasteiger charge is 2.23. The van der Waals surface area contributed by atoms with E-state index in [4.69, 9.17) is 21.1 Å². The zero-order valence-corrected chi connectivity index (χ0v) is 19.1. The fraction of sp³-hybridized carbons (Fsp3) is 0.409. The van der Waals surface area contributed by atoms with E-state index in [9.17, 15) is 13.2 Å². The maximum atomic E-state index is 12.5. The standard InChI is InChI=1S/C22H27ClN2O5S/c1-15(16-7-9-18(29-2)10-8-16)24-22(26)14-30-21-12-11-19(13-20(21)23)31(27,28)25-17-5-3-4-6-17/h7-13,15,17,25H,3-6,14H2,1-2H3,(H,24,26). The number of halogens is 1. The molecule has 1 aliphatic rings. The molecule has 0 bridgehead atoms. The summed E-state index contributed by atoms with van der Waals surface area (Å²) in [5, 5.41) is 2.98. The maximum absolute atomic E-state index is 12.5. The van der Waals surface area contributed by atoms with Gasteiger partial charge in [-0.2, -0.15) is 0 Å². The molecule has 1 amide bonds. The lowest BCUT2D eigenvalue weighted by molar-refractivity contribution is -0.123. The van der Waals surface area contributed by atoms with Crippen LogP contribution in [-0.4, -0.2) is 34.1 Å². The van der Waals surface area contributed by atoms with Gasteiger partial charge < -0.3 is 14.8 Å². The number of hydrogen-bond acceptors (Lipinski definition) is 5. The smallest absolute Gasteiger partial charge is 0.258 e. The van der Waals surface area contributed by atoms with Gasteiger partial charge in [-0.15, -0.1) is 0 Å². The molecule has 3 rings (SSSR count). The third kappa shape index (κ3) is 6.35. The van der Waals surface area contributed by atoms with Crippen LogP contribution in [-0.2, 0) is 14.8 Å². The fourth-order valence-electron chi connectivity index (χ4n) is 3.50. The highest BCUT2D eigenvalue weighted by atomic mass is 35.5. The van der Waals surface area contributed by atoms with Crippen molar-refractivity contribution < 1.29 is 22.7 Å². The Hall–Kier alpha value is -2.29.